The highest BCUT2D eigenvalue weighted by atomic mass is 32.1. The van der Waals surface area contributed by atoms with Crippen molar-refractivity contribution in [1.29, 1.82) is 0 Å². The lowest BCUT2D eigenvalue weighted by Gasteiger charge is -2.19. The fraction of sp³-hybridized carbons (Fsp3) is 0.360. The number of aromatic nitrogens is 1. The first-order chi connectivity index (χ1) is 15.2. The molecule has 0 unspecified atom stereocenters. The molecule has 0 fully saturated rings. The Bertz CT molecular complexity index is 1310. The third-order valence-electron chi connectivity index (χ3n) is 5.14. The van der Waals surface area contributed by atoms with E-state index in [9.17, 15) is 9.59 Å². The van der Waals surface area contributed by atoms with Gasteiger partial charge in [-0.3, -0.25) is 4.79 Å². The molecule has 0 radical (unpaired) electrons. The van der Waals surface area contributed by atoms with E-state index in [1.807, 2.05) is 63.4 Å². The highest BCUT2D eigenvalue weighted by Crippen LogP contribution is 2.34. The highest BCUT2D eigenvalue weighted by molar-refractivity contribution is 7.13. The lowest BCUT2D eigenvalue weighted by molar-refractivity contribution is 0.0527. The van der Waals surface area contributed by atoms with Crippen LogP contribution in [0.25, 0.3) is 32.5 Å². The number of benzene rings is 1. The quantitative estimate of drug-likeness (QED) is 0.343. The Morgan fingerprint density at radius 2 is 2.03 bits per heavy atom. The Labute approximate surface area is 190 Å². The van der Waals surface area contributed by atoms with Gasteiger partial charge in [-0.2, -0.15) is 0 Å². The van der Waals surface area contributed by atoms with E-state index in [1.165, 1.54) is 0 Å². The summed E-state index contributed by atoms with van der Waals surface area (Å²) >= 11 is 1.59. The van der Waals surface area contributed by atoms with Crippen LogP contribution in [0, 0.1) is 6.92 Å². The molecule has 0 aliphatic carbocycles. The lowest BCUT2D eigenvalue weighted by Crippen LogP contribution is -2.33. The van der Waals surface area contributed by atoms with Crippen molar-refractivity contribution in [1.82, 2.24) is 10.3 Å². The van der Waals surface area contributed by atoms with Crippen molar-refractivity contribution in [2.75, 3.05) is 6.54 Å². The summed E-state index contributed by atoms with van der Waals surface area (Å²) < 4.78 is 11.5. The molecule has 0 saturated carbocycles. The van der Waals surface area contributed by atoms with Crippen LogP contribution in [0.4, 0.5) is 4.79 Å². The van der Waals surface area contributed by atoms with Crippen molar-refractivity contribution in [2.45, 2.75) is 52.6 Å². The standard InChI is InChI=1S/C25H28N2O4S/c1-15-10-11-18-16(14-15)22(28)20-21(19-9-7-13-32-19)27-17(23(20)30-18)8-5-6-12-26-24(29)31-25(2,3)4/h7,9-11,13-14,27H,5-6,8,12H2,1-4H3,(H,26,29). The molecule has 0 aliphatic heterocycles. The lowest BCUT2D eigenvalue weighted by atomic mass is 10.1. The number of thiophene rings is 1. The van der Waals surface area contributed by atoms with E-state index >= 15 is 0 Å². The van der Waals surface area contributed by atoms with Crippen molar-refractivity contribution >= 4 is 39.4 Å². The van der Waals surface area contributed by atoms with Crippen LogP contribution in [0.15, 0.2) is 44.9 Å². The number of aryl methyl sites for hydroxylation is 2. The van der Waals surface area contributed by atoms with Gasteiger partial charge in [0.15, 0.2) is 5.58 Å². The predicted molar refractivity (Wildman–Crippen MR) is 130 cm³/mol. The second-order valence-corrected chi connectivity index (χ2v) is 9.92. The van der Waals surface area contributed by atoms with Crippen LogP contribution in [-0.4, -0.2) is 23.2 Å². The monoisotopic (exact) mass is 452 g/mol. The summed E-state index contributed by atoms with van der Waals surface area (Å²) in [5, 5.41) is 5.99. The number of nitrogens with one attached hydrogen (secondary N) is 2. The number of H-pyrrole nitrogens is 1. The van der Waals surface area contributed by atoms with Gasteiger partial charge in [0.1, 0.15) is 11.2 Å². The van der Waals surface area contributed by atoms with Gasteiger partial charge < -0.3 is 19.5 Å². The largest absolute Gasteiger partial charge is 0.454 e. The molecule has 0 saturated heterocycles. The van der Waals surface area contributed by atoms with Crippen LogP contribution < -0.4 is 10.7 Å². The second-order valence-electron chi connectivity index (χ2n) is 8.98. The van der Waals surface area contributed by atoms with Gasteiger partial charge in [-0.1, -0.05) is 17.7 Å². The number of aromatic amines is 1. The van der Waals surface area contributed by atoms with Gasteiger partial charge in [-0.15, -0.1) is 11.3 Å². The second kappa shape index (κ2) is 8.82. The fourth-order valence-electron chi connectivity index (χ4n) is 3.73. The number of alkyl carbamates (subject to hydrolysis) is 1. The first-order valence-corrected chi connectivity index (χ1v) is 11.7. The molecule has 3 heterocycles. The number of fused-ring (bicyclic) bond motifs is 2. The summed E-state index contributed by atoms with van der Waals surface area (Å²) in [4.78, 5) is 29.7. The molecule has 7 heteroatoms. The Kier molecular flexibility index (Phi) is 6.11. The summed E-state index contributed by atoms with van der Waals surface area (Å²) in [6, 6.07) is 9.67. The van der Waals surface area contributed by atoms with Gasteiger partial charge in [0, 0.05) is 6.54 Å². The van der Waals surface area contributed by atoms with E-state index in [0.29, 0.717) is 34.9 Å². The number of unbranched alkanes of at least 4 members (excludes halogenated alkanes) is 1. The number of hydrogen-bond acceptors (Lipinski definition) is 5. The first-order valence-electron chi connectivity index (χ1n) is 10.8. The third kappa shape index (κ3) is 4.72. The average Bonchev–Trinajstić information content (AvgIpc) is 3.35. The fourth-order valence-corrected chi connectivity index (χ4v) is 4.46. The van der Waals surface area contributed by atoms with E-state index in [1.54, 1.807) is 11.3 Å². The van der Waals surface area contributed by atoms with Crippen LogP contribution in [0.3, 0.4) is 0 Å². The highest BCUT2D eigenvalue weighted by Gasteiger charge is 2.20. The van der Waals surface area contributed by atoms with Gasteiger partial charge in [0.2, 0.25) is 5.43 Å². The van der Waals surface area contributed by atoms with Crippen molar-refractivity contribution in [3.8, 4) is 10.6 Å². The summed E-state index contributed by atoms with van der Waals surface area (Å²) in [6.07, 6.45) is 1.91. The van der Waals surface area contributed by atoms with Crippen LogP contribution in [0.2, 0.25) is 0 Å². The van der Waals surface area contributed by atoms with Gasteiger partial charge in [0.05, 0.1) is 27.0 Å². The van der Waals surface area contributed by atoms with Crippen molar-refractivity contribution in [2.24, 2.45) is 0 Å². The molecule has 0 spiro atoms. The summed E-state index contributed by atoms with van der Waals surface area (Å²) in [6.45, 7) is 8.02. The zero-order chi connectivity index (χ0) is 22.9. The Hall–Kier alpha value is -3.06. The summed E-state index contributed by atoms with van der Waals surface area (Å²) in [5.74, 6) is 0. The zero-order valence-electron chi connectivity index (χ0n) is 18.8. The van der Waals surface area contributed by atoms with Gasteiger partial charge in [0.25, 0.3) is 0 Å². The smallest absolute Gasteiger partial charge is 0.407 e. The molecule has 3 aromatic heterocycles. The summed E-state index contributed by atoms with van der Waals surface area (Å²) in [7, 11) is 0. The molecule has 6 nitrogen and oxygen atoms in total. The van der Waals surface area contributed by atoms with E-state index in [-0.39, 0.29) is 5.43 Å². The van der Waals surface area contributed by atoms with Gasteiger partial charge in [-0.05, 0) is 70.5 Å². The van der Waals surface area contributed by atoms with Gasteiger partial charge in [-0.25, -0.2) is 4.79 Å². The van der Waals surface area contributed by atoms with E-state index < -0.39 is 11.7 Å². The molecule has 2 N–H and O–H groups in total. The molecule has 4 rings (SSSR count). The molecule has 0 bridgehead atoms. The number of hydrogen-bond donors (Lipinski definition) is 2. The molecule has 1 aromatic carbocycles. The minimum Gasteiger partial charge on any atom is -0.454 e. The molecule has 32 heavy (non-hydrogen) atoms. The zero-order valence-corrected chi connectivity index (χ0v) is 19.7. The number of carbonyl (C=O) groups excluding carboxylic acids is 1. The molecule has 1 amide bonds. The molecular formula is C25H28N2O4S. The Morgan fingerprint density at radius 1 is 1.22 bits per heavy atom. The van der Waals surface area contributed by atoms with E-state index in [2.05, 4.69) is 10.3 Å². The maximum atomic E-state index is 13.4. The molecule has 0 atom stereocenters. The van der Waals surface area contributed by atoms with Crippen molar-refractivity contribution in [3.05, 3.63) is 57.2 Å². The van der Waals surface area contributed by atoms with Crippen LogP contribution in [0.5, 0.6) is 0 Å². The van der Waals surface area contributed by atoms with Crippen molar-refractivity contribution < 1.29 is 13.9 Å². The Morgan fingerprint density at radius 3 is 2.75 bits per heavy atom. The van der Waals surface area contributed by atoms with Crippen LogP contribution >= 0.6 is 11.3 Å². The number of carbonyl (C=O) groups is 1. The van der Waals surface area contributed by atoms with Crippen LogP contribution in [0.1, 0.15) is 44.9 Å². The Balaban J connectivity index is 1.58. The normalized spacial score (nSPS) is 11.9. The minimum absolute atomic E-state index is 0.0116. The van der Waals surface area contributed by atoms with Crippen LogP contribution in [-0.2, 0) is 11.2 Å². The number of amides is 1. The topological polar surface area (TPSA) is 84.3 Å². The SMILES string of the molecule is Cc1ccc2oc3c(CCCCNC(=O)OC(C)(C)C)[nH]c(-c4cccs4)c3c(=O)c2c1. The maximum absolute atomic E-state index is 13.4. The van der Waals surface area contributed by atoms with E-state index in [4.69, 9.17) is 9.15 Å². The minimum atomic E-state index is -0.510. The van der Waals surface area contributed by atoms with E-state index in [0.717, 1.165) is 34.7 Å². The molecule has 4 aromatic rings. The van der Waals surface area contributed by atoms with Gasteiger partial charge >= 0.3 is 6.09 Å². The molecule has 0 aliphatic rings. The maximum Gasteiger partial charge on any atom is 0.407 e. The predicted octanol–water partition coefficient (Wildman–Crippen LogP) is 6.16. The third-order valence-corrected chi connectivity index (χ3v) is 6.02. The first kappa shape index (κ1) is 22.1. The average molecular weight is 453 g/mol. The van der Waals surface area contributed by atoms with Crippen molar-refractivity contribution in [3.63, 3.8) is 0 Å². The molecule has 168 valence electrons. The summed E-state index contributed by atoms with van der Waals surface area (Å²) in [5.41, 5.74) is 3.43. The number of ether oxygens (including phenoxy) is 1. The number of rotatable bonds is 6. The molecular weight excluding hydrogens is 424 g/mol.